The highest BCUT2D eigenvalue weighted by molar-refractivity contribution is 6.31. The highest BCUT2D eigenvalue weighted by Gasteiger charge is 2.14. The van der Waals surface area contributed by atoms with Gasteiger partial charge in [0.15, 0.2) is 0 Å². The summed E-state index contributed by atoms with van der Waals surface area (Å²) in [5.74, 6) is 0.195. The highest BCUT2D eigenvalue weighted by atomic mass is 35.5. The van der Waals surface area contributed by atoms with Crippen LogP contribution in [0, 0.1) is 13.8 Å². The number of nitrogens with one attached hydrogen (secondary N) is 1. The SMILES string of the molecule is COc1cc(Cl)c(C)cc1NC(=O)c1cc(N)cnc1C. The molecule has 1 aromatic carbocycles. The van der Waals surface area contributed by atoms with E-state index in [9.17, 15) is 4.79 Å². The molecule has 0 atom stereocenters. The number of nitrogen functional groups attached to an aromatic ring is 1. The van der Waals surface area contributed by atoms with Gasteiger partial charge in [0.2, 0.25) is 0 Å². The molecule has 5 nitrogen and oxygen atoms in total. The summed E-state index contributed by atoms with van der Waals surface area (Å²) < 4.78 is 5.23. The van der Waals surface area contributed by atoms with Crippen molar-refractivity contribution in [2.45, 2.75) is 13.8 Å². The van der Waals surface area contributed by atoms with Crippen LogP contribution < -0.4 is 15.8 Å². The maximum atomic E-state index is 12.4. The maximum Gasteiger partial charge on any atom is 0.257 e. The van der Waals surface area contributed by atoms with E-state index in [1.165, 1.54) is 13.3 Å². The number of hydrogen-bond acceptors (Lipinski definition) is 4. The van der Waals surface area contributed by atoms with Crippen molar-refractivity contribution < 1.29 is 9.53 Å². The molecule has 1 amide bonds. The molecule has 3 N–H and O–H groups in total. The molecular formula is C15H16ClN3O2. The van der Waals surface area contributed by atoms with Crippen LogP contribution in [0.4, 0.5) is 11.4 Å². The summed E-state index contributed by atoms with van der Waals surface area (Å²) in [6, 6.07) is 5.01. The normalized spacial score (nSPS) is 10.3. The number of benzene rings is 1. The topological polar surface area (TPSA) is 77.2 Å². The number of pyridine rings is 1. The number of anilines is 2. The number of rotatable bonds is 3. The Morgan fingerprint density at radius 2 is 2.05 bits per heavy atom. The number of aryl methyl sites for hydroxylation is 2. The van der Waals surface area contributed by atoms with E-state index in [0.717, 1.165) is 5.56 Å². The third-order valence-electron chi connectivity index (χ3n) is 3.08. The fraction of sp³-hybridized carbons (Fsp3) is 0.200. The van der Waals surface area contributed by atoms with Gasteiger partial charge in [-0.3, -0.25) is 9.78 Å². The number of carbonyl (C=O) groups is 1. The first kappa shape index (κ1) is 15.1. The monoisotopic (exact) mass is 305 g/mol. The summed E-state index contributed by atoms with van der Waals surface area (Å²) in [7, 11) is 1.52. The summed E-state index contributed by atoms with van der Waals surface area (Å²) in [4.78, 5) is 16.4. The second-order valence-corrected chi connectivity index (χ2v) is 5.06. The Morgan fingerprint density at radius 3 is 2.71 bits per heavy atom. The molecule has 0 unspecified atom stereocenters. The number of nitrogens with zero attached hydrogens (tertiary/aromatic N) is 1. The number of carbonyl (C=O) groups excluding carboxylic acids is 1. The van der Waals surface area contributed by atoms with Gasteiger partial charge in [-0.1, -0.05) is 11.6 Å². The van der Waals surface area contributed by atoms with Crippen LogP contribution in [0.5, 0.6) is 5.75 Å². The second-order valence-electron chi connectivity index (χ2n) is 4.66. The molecule has 0 saturated heterocycles. The van der Waals surface area contributed by atoms with Gasteiger partial charge in [-0.25, -0.2) is 0 Å². The van der Waals surface area contributed by atoms with E-state index in [2.05, 4.69) is 10.3 Å². The Labute approximate surface area is 128 Å². The summed E-state index contributed by atoms with van der Waals surface area (Å²) in [5.41, 5.74) is 8.52. The Balaban J connectivity index is 2.35. The molecule has 6 heteroatoms. The summed E-state index contributed by atoms with van der Waals surface area (Å²) in [5, 5.41) is 3.37. The summed E-state index contributed by atoms with van der Waals surface area (Å²) in [6.07, 6.45) is 1.51. The van der Waals surface area contributed by atoms with Gasteiger partial charge in [0.05, 0.1) is 35.9 Å². The molecule has 0 aliphatic carbocycles. The van der Waals surface area contributed by atoms with E-state index in [-0.39, 0.29) is 5.91 Å². The fourth-order valence-electron chi connectivity index (χ4n) is 1.90. The summed E-state index contributed by atoms with van der Waals surface area (Å²) >= 11 is 6.04. The van der Waals surface area contributed by atoms with Crippen molar-refractivity contribution in [2.75, 3.05) is 18.2 Å². The molecule has 1 aromatic heterocycles. The average molecular weight is 306 g/mol. The standard InChI is InChI=1S/C15H16ClN3O2/c1-8-4-13(14(21-3)6-12(8)16)19-15(20)11-5-10(17)7-18-9(11)2/h4-7H,17H2,1-3H3,(H,19,20). The van der Waals surface area contributed by atoms with Gasteiger partial charge in [-0.05, 0) is 31.5 Å². The minimum absolute atomic E-state index is 0.299. The van der Waals surface area contributed by atoms with Gasteiger partial charge in [0.1, 0.15) is 5.75 Å². The number of methoxy groups -OCH3 is 1. The lowest BCUT2D eigenvalue weighted by molar-refractivity contribution is 0.102. The van der Waals surface area contributed by atoms with Crippen LogP contribution in [0.25, 0.3) is 0 Å². The van der Waals surface area contributed by atoms with Crippen LogP contribution in [0.3, 0.4) is 0 Å². The van der Waals surface area contributed by atoms with Gasteiger partial charge in [0, 0.05) is 11.1 Å². The molecular weight excluding hydrogens is 290 g/mol. The molecule has 0 radical (unpaired) electrons. The van der Waals surface area contributed by atoms with E-state index in [1.807, 2.05) is 6.92 Å². The number of aromatic nitrogens is 1. The first-order valence-corrected chi connectivity index (χ1v) is 6.67. The molecule has 1 heterocycles. The zero-order chi connectivity index (χ0) is 15.6. The fourth-order valence-corrected chi connectivity index (χ4v) is 2.05. The zero-order valence-electron chi connectivity index (χ0n) is 12.0. The van der Waals surface area contributed by atoms with Gasteiger partial charge in [-0.2, -0.15) is 0 Å². The lowest BCUT2D eigenvalue weighted by Gasteiger charge is -2.13. The minimum Gasteiger partial charge on any atom is -0.495 e. The Hall–Kier alpha value is -2.27. The predicted molar refractivity (Wildman–Crippen MR) is 84.1 cm³/mol. The van der Waals surface area contributed by atoms with Crippen LogP contribution in [0.2, 0.25) is 5.02 Å². The Kier molecular flexibility index (Phi) is 4.33. The Morgan fingerprint density at radius 1 is 1.33 bits per heavy atom. The maximum absolute atomic E-state index is 12.4. The largest absolute Gasteiger partial charge is 0.495 e. The molecule has 2 aromatic rings. The van der Waals surface area contributed by atoms with Crippen LogP contribution in [-0.2, 0) is 0 Å². The highest BCUT2D eigenvalue weighted by Crippen LogP contribution is 2.31. The van der Waals surface area contributed by atoms with Crippen LogP contribution >= 0.6 is 11.6 Å². The second kappa shape index (κ2) is 6.01. The lowest BCUT2D eigenvalue weighted by Crippen LogP contribution is -2.15. The number of halogens is 1. The van der Waals surface area contributed by atoms with Gasteiger partial charge in [0.25, 0.3) is 5.91 Å². The van der Waals surface area contributed by atoms with Gasteiger partial charge >= 0.3 is 0 Å². The molecule has 2 rings (SSSR count). The molecule has 21 heavy (non-hydrogen) atoms. The lowest BCUT2D eigenvalue weighted by atomic mass is 10.1. The molecule has 0 fully saturated rings. The molecule has 0 spiro atoms. The van der Waals surface area contributed by atoms with Gasteiger partial charge in [-0.15, -0.1) is 0 Å². The van der Waals surface area contributed by atoms with Crippen molar-refractivity contribution in [3.63, 3.8) is 0 Å². The van der Waals surface area contributed by atoms with E-state index >= 15 is 0 Å². The van der Waals surface area contributed by atoms with Crippen molar-refractivity contribution in [3.8, 4) is 5.75 Å². The van der Waals surface area contributed by atoms with Crippen molar-refractivity contribution >= 4 is 28.9 Å². The minimum atomic E-state index is -0.299. The van der Waals surface area contributed by atoms with Crippen LogP contribution in [0.15, 0.2) is 24.4 Å². The molecule has 110 valence electrons. The van der Waals surface area contributed by atoms with Crippen LogP contribution in [0.1, 0.15) is 21.6 Å². The average Bonchev–Trinajstić information content (AvgIpc) is 2.45. The number of ether oxygens (including phenoxy) is 1. The third kappa shape index (κ3) is 3.25. The molecule has 0 aliphatic heterocycles. The number of hydrogen-bond donors (Lipinski definition) is 2. The van der Waals surface area contributed by atoms with E-state index in [4.69, 9.17) is 22.1 Å². The van der Waals surface area contributed by atoms with Crippen molar-refractivity contribution in [2.24, 2.45) is 0 Å². The molecule has 0 saturated carbocycles. The quantitative estimate of drug-likeness (QED) is 0.913. The van der Waals surface area contributed by atoms with Crippen LogP contribution in [-0.4, -0.2) is 18.0 Å². The van der Waals surface area contributed by atoms with Crippen molar-refractivity contribution in [3.05, 3.63) is 46.2 Å². The smallest absolute Gasteiger partial charge is 0.257 e. The van der Waals surface area contributed by atoms with E-state index in [1.54, 1.807) is 25.1 Å². The zero-order valence-corrected chi connectivity index (χ0v) is 12.8. The number of nitrogens with two attached hydrogens (primary N) is 1. The van der Waals surface area contributed by atoms with E-state index in [0.29, 0.717) is 33.4 Å². The van der Waals surface area contributed by atoms with Crippen molar-refractivity contribution in [1.29, 1.82) is 0 Å². The van der Waals surface area contributed by atoms with Crippen molar-refractivity contribution in [1.82, 2.24) is 4.98 Å². The van der Waals surface area contributed by atoms with E-state index < -0.39 is 0 Å². The first-order chi connectivity index (χ1) is 9.92. The first-order valence-electron chi connectivity index (χ1n) is 6.30. The third-order valence-corrected chi connectivity index (χ3v) is 3.49. The van der Waals surface area contributed by atoms with Gasteiger partial charge < -0.3 is 15.8 Å². The summed E-state index contributed by atoms with van der Waals surface area (Å²) in [6.45, 7) is 3.60. The number of amides is 1. The Bertz CT molecular complexity index is 702. The predicted octanol–water partition coefficient (Wildman–Crippen LogP) is 3.19. The molecule has 0 bridgehead atoms. The molecule has 0 aliphatic rings.